The van der Waals surface area contributed by atoms with Crippen molar-refractivity contribution in [1.29, 1.82) is 0 Å². The Morgan fingerprint density at radius 3 is 2.28 bits per heavy atom. The predicted octanol–water partition coefficient (Wildman–Crippen LogP) is 6.30. The van der Waals surface area contributed by atoms with Crippen LogP contribution < -0.4 is 15.1 Å². The van der Waals surface area contributed by atoms with E-state index in [1.807, 2.05) is 6.08 Å². The maximum atomic E-state index is 15.3. The number of hydrogen-bond donors (Lipinski definition) is 4. The minimum atomic E-state index is -1.66. The van der Waals surface area contributed by atoms with Crippen LogP contribution in [0.4, 0.5) is 11.4 Å². The number of hydrogen-bond acceptors (Lipinski definition) is 9. The third-order valence-electron chi connectivity index (χ3n) is 11.3. The van der Waals surface area contributed by atoms with E-state index < -0.39 is 75.9 Å². The highest BCUT2D eigenvalue weighted by Gasteiger charge is 2.70. The Bertz CT molecular complexity index is 2330. The van der Waals surface area contributed by atoms with Gasteiger partial charge in [0.2, 0.25) is 11.8 Å². The van der Waals surface area contributed by atoms with Gasteiger partial charge in [-0.2, -0.15) is 5.01 Å². The summed E-state index contributed by atoms with van der Waals surface area (Å²) in [6, 6.07) is 21.4. The molecule has 0 spiro atoms. The number of amides is 4. The molecule has 2 aliphatic carbocycles. The Labute approximate surface area is 318 Å². The number of rotatable bonds is 7. The number of ether oxygens (including phenoxy) is 1. The van der Waals surface area contributed by atoms with Crippen LogP contribution in [0.1, 0.15) is 40.2 Å². The van der Waals surface area contributed by atoms with Crippen molar-refractivity contribution in [3.8, 4) is 17.2 Å². The Balaban J connectivity index is 1.31. The third kappa shape index (κ3) is 5.08. The van der Waals surface area contributed by atoms with Gasteiger partial charge in [-0.05, 0) is 72.9 Å². The number of phenolic OH excluding ortho intramolecular Hbond substituents is 1. The molecular weight excluding hydrogens is 737 g/mol. The molecule has 2 saturated heterocycles. The Morgan fingerprint density at radius 2 is 1.61 bits per heavy atom. The first-order chi connectivity index (χ1) is 25.9. The Kier molecular flexibility index (Phi) is 8.42. The van der Waals surface area contributed by atoms with Crippen LogP contribution in [0.15, 0.2) is 96.6 Å². The molecular formula is C40H31Cl2N3O9. The number of imide groups is 2. The summed E-state index contributed by atoms with van der Waals surface area (Å²) in [4.78, 5) is 71.2. The SMILES string of the molecule is COc1ccc(C23C(=O)N(Nc4ccc(Cl)cc4Cl)C(=O)C2CC2C(=CCC4C(=O)N(c5ccc(C(=O)O)c(O)c5)C(=O)C42)C3c2ccccc2O)cc1. The number of phenols is 2. The molecule has 274 valence electrons. The molecule has 6 atom stereocenters. The van der Waals surface area contributed by atoms with Crippen molar-refractivity contribution in [2.24, 2.45) is 23.7 Å². The van der Waals surface area contributed by atoms with Crippen LogP contribution in [-0.4, -0.2) is 57.0 Å². The number of anilines is 2. The molecule has 0 aromatic heterocycles. The summed E-state index contributed by atoms with van der Waals surface area (Å²) in [5, 5.41) is 32.8. The highest BCUT2D eigenvalue weighted by atomic mass is 35.5. The van der Waals surface area contributed by atoms with Gasteiger partial charge in [-0.25, -0.2) is 9.69 Å². The zero-order chi connectivity index (χ0) is 38.2. The lowest BCUT2D eigenvalue weighted by atomic mass is 9.49. The average Bonchev–Trinajstić information content (AvgIpc) is 3.53. The largest absolute Gasteiger partial charge is 0.508 e. The summed E-state index contributed by atoms with van der Waals surface area (Å²) in [6.45, 7) is 0. The number of allylic oxidation sites excluding steroid dienone is 2. The van der Waals surface area contributed by atoms with Gasteiger partial charge in [0.05, 0.1) is 46.7 Å². The van der Waals surface area contributed by atoms with E-state index >= 15 is 4.79 Å². The standard InChI is InChI=1S/C40H31Cl2N3O9/c1-54-22-10-6-19(7-11-22)40-28(36(49)45(39(40)53)43-30-15-8-20(41)16-29(30)42)18-27-23(34(40)24-4-2-3-5-31(24)46)13-14-26-33(27)37(50)44(35(26)48)21-9-12-25(38(51)52)32(47)17-21/h2-13,15-17,26-28,33-34,43,46-47H,14,18H2,1H3,(H,51,52). The molecule has 3 fully saturated rings. The number of nitrogens with zero attached hydrogens (tertiary/aromatic N) is 2. The first kappa shape index (κ1) is 35.2. The van der Waals surface area contributed by atoms with E-state index in [2.05, 4.69) is 5.43 Å². The summed E-state index contributed by atoms with van der Waals surface area (Å²) >= 11 is 12.6. The molecule has 12 nitrogen and oxygen atoms in total. The smallest absolute Gasteiger partial charge is 0.339 e. The number of carboxylic acids is 1. The normalized spacial score (nSPS) is 25.9. The summed E-state index contributed by atoms with van der Waals surface area (Å²) in [6.07, 6.45) is 1.93. The molecule has 6 unspecified atom stereocenters. The van der Waals surface area contributed by atoms with Gasteiger partial charge in [-0.1, -0.05) is 65.2 Å². The summed E-state index contributed by atoms with van der Waals surface area (Å²) in [5.74, 6) is -8.62. The van der Waals surface area contributed by atoms with Gasteiger partial charge in [0, 0.05) is 22.6 Å². The van der Waals surface area contributed by atoms with E-state index in [-0.39, 0.29) is 35.0 Å². The van der Waals surface area contributed by atoms with Crippen LogP contribution >= 0.6 is 23.2 Å². The number of aromatic hydroxyl groups is 2. The molecule has 4 aromatic rings. The summed E-state index contributed by atoms with van der Waals surface area (Å²) in [5.41, 5.74) is 2.56. The fourth-order valence-corrected chi connectivity index (χ4v) is 9.46. The monoisotopic (exact) mass is 767 g/mol. The maximum absolute atomic E-state index is 15.3. The zero-order valence-electron chi connectivity index (χ0n) is 28.4. The van der Waals surface area contributed by atoms with Crippen LogP contribution in [0.5, 0.6) is 17.2 Å². The van der Waals surface area contributed by atoms with E-state index in [1.54, 1.807) is 54.6 Å². The van der Waals surface area contributed by atoms with Gasteiger partial charge < -0.3 is 20.1 Å². The maximum Gasteiger partial charge on any atom is 0.339 e. The number of fused-ring (bicyclic) bond motifs is 4. The van der Waals surface area contributed by atoms with Gasteiger partial charge in [-0.3, -0.25) is 24.6 Å². The highest BCUT2D eigenvalue weighted by Crippen LogP contribution is 2.65. The first-order valence-electron chi connectivity index (χ1n) is 17.0. The van der Waals surface area contributed by atoms with E-state index in [0.717, 1.165) is 22.0 Å². The lowest BCUT2D eigenvalue weighted by Crippen LogP contribution is -2.53. The molecule has 54 heavy (non-hydrogen) atoms. The van der Waals surface area contributed by atoms with Crippen molar-refractivity contribution >= 4 is 64.2 Å². The lowest BCUT2D eigenvalue weighted by Gasteiger charge is -2.50. The highest BCUT2D eigenvalue weighted by molar-refractivity contribution is 6.36. The second-order valence-electron chi connectivity index (χ2n) is 13.8. The number of benzene rings is 4. The molecule has 14 heteroatoms. The molecule has 2 aliphatic heterocycles. The summed E-state index contributed by atoms with van der Waals surface area (Å²) < 4.78 is 5.42. The fraction of sp³-hybridized carbons (Fsp3) is 0.225. The topological polar surface area (TPSA) is 174 Å². The van der Waals surface area contributed by atoms with Gasteiger partial charge in [0.15, 0.2) is 0 Å². The molecule has 8 rings (SSSR count). The summed E-state index contributed by atoms with van der Waals surface area (Å²) in [7, 11) is 1.51. The van der Waals surface area contributed by atoms with Gasteiger partial charge in [0.1, 0.15) is 22.8 Å². The van der Waals surface area contributed by atoms with Crippen LogP contribution in [-0.2, 0) is 24.6 Å². The van der Waals surface area contributed by atoms with E-state index in [9.17, 15) is 34.5 Å². The second-order valence-corrected chi connectivity index (χ2v) is 14.6. The van der Waals surface area contributed by atoms with E-state index in [1.165, 1.54) is 25.3 Å². The number of carboxylic acid groups (broad SMARTS) is 1. The quantitative estimate of drug-likeness (QED) is 0.123. The van der Waals surface area contributed by atoms with Gasteiger partial charge in [0.25, 0.3) is 11.8 Å². The molecule has 4 aromatic carbocycles. The molecule has 0 bridgehead atoms. The number of halogens is 2. The average molecular weight is 769 g/mol. The van der Waals surface area contributed by atoms with Crippen LogP contribution in [0.25, 0.3) is 0 Å². The third-order valence-corrected chi connectivity index (χ3v) is 11.8. The number of para-hydroxylation sites is 1. The van der Waals surface area contributed by atoms with Crippen molar-refractivity contribution < 1.29 is 44.0 Å². The Hall–Kier alpha value is -5.85. The van der Waals surface area contributed by atoms with Gasteiger partial charge >= 0.3 is 5.97 Å². The molecule has 1 saturated carbocycles. The number of methoxy groups -OCH3 is 1. The Morgan fingerprint density at radius 1 is 0.870 bits per heavy atom. The van der Waals surface area contributed by atoms with Crippen molar-refractivity contribution in [3.63, 3.8) is 0 Å². The number of carbonyl (C=O) groups excluding carboxylic acids is 4. The minimum absolute atomic E-state index is 0.00596. The van der Waals surface area contributed by atoms with Crippen molar-refractivity contribution in [1.82, 2.24) is 5.01 Å². The van der Waals surface area contributed by atoms with Crippen LogP contribution in [0.3, 0.4) is 0 Å². The van der Waals surface area contributed by atoms with Crippen LogP contribution in [0.2, 0.25) is 10.0 Å². The van der Waals surface area contributed by atoms with Crippen molar-refractivity contribution in [3.05, 3.63) is 123 Å². The van der Waals surface area contributed by atoms with Gasteiger partial charge in [-0.15, -0.1) is 0 Å². The minimum Gasteiger partial charge on any atom is -0.508 e. The number of nitrogens with one attached hydrogen (secondary N) is 1. The van der Waals surface area contributed by atoms with Crippen molar-refractivity contribution in [2.75, 3.05) is 17.4 Å². The van der Waals surface area contributed by atoms with E-state index in [4.69, 9.17) is 27.9 Å². The molecule has 0 radical (unpaired) electrons. The zero-order valence-corrected chi connectivity index (χ0v) is 29.9. The molecule has 2 heterocycles. The first-order valence-corrected chi connectivity index (χ1v) is 17.8. The lowest BCUT2D eigenvalue weighted by molar-refractivity contribution is -0.138. The predicted molar refractivity (Wildman–Crippen MR) is 196 cm³/mol. The van der Waals surface area contributed by atoms with Crippen molar-refractivity contribution in [2.45, 2.75) is 24.2 Å². The number of aromatic carboxylic acids is 1. The molecule has 4 aliphatic rings. The van der Waals surface area contributed by atoms with E-state index in [0.29, 0.717) is 27.5 Å². The number of carbonyl (C=O) groups is 5. The van der Waals surface area contributed by atoms with Crippen LogP contribution in [0, 0.1) is 23.7 Å². The molecule has 4 N–H and O–H groups in total. The molecule has 4 amide bonds. The fourth-order valence-electron chi connectivity index (χ4n) is 9.01. The number of hydrazine groups is 1. The second kappa shape index (κ2) is 12.9.